The van der Waals surface area contributed by atoms with Gasteiger partial charge in [-0.1, -0.05) is 13.3 Å². The van der Waals surface area contributed by atoms with Gasteiger partial charge in [0.05, 0.1) is 27.9 Å². The summed E-state index contributed by atoms with van der Waals surface area (Å²) in [5, 5.41) is 2.88. The molecule has 0 heterocycles. The van der Waals surface area contributed by atoms with E-state index < -0.39 is 11.4 Å². The molecule has 0 aliphatic heterocycles. The Bertz CT molecular complexity index is 664. The van der Waals surface area contributed by atoms with E-state index in [0.717, 1.165) is 18.4 Å². The minimum absolute atomic E-state index is 0.227. The molecule has 1 aliphatic rings. The van der Waals surface area contributed by atoms with E-state index >= 15 is 0 Å². The molecule has 0 saturated heterocycles. The lowest BCUT2D eigenvalue weighted by molar-refractivity contribution is -0.154. The topological polar surface area (TPSA) is 83.1 Å². The van der Waals surface area contributed by atoms with E-state index in [1.54, 1.807) is 19.1 Å². The maximum Gasteiger partial charge on any atom is 0.322 e. The van der Waals surface area contributed by atoms with Crippen molar-refractivity contribution >= 4 is 11.9 Å². The van der Waals surface area contributed by atoms with Gasteiger partial charge < -0.3 is 24.3 Å². The predicted octanol–water partition coefficient (Wildman–Crippen LogP) is 2.67. The van der Waals surface area contributed by atoms with Gasteiger partial charge in [-0.25, -0.2) is 0 Å². The maximum atomic E-state index is 12.8. The Morgan fingerprint density at radius 1 is 1.11 bits per heavy atom. The second-order valence-corrected chi connectivity index (χ2v) is 6.52. The molecule has 1 N–H and O–H groups in total. The van der Waals surface area contributed by atoms with Gasteiger partial charge in [0.15, 0.2) is 16.9 Å². The number of ether oxygens (including phenoxy) is 4. The predicted molar refractivity (Wildman–Crippen MR) is 100 cm³/mol. The van der Waals surface area contributed by atoms with Gasteiger partial charge in [0.2, 0.25) is 11.7 Å². The zero-order chi connectivity index (χ0) is 20.0. The molecule has 2 rings (SSSR count). The second-order valence-electron chi connectivity index (χ2n) is 6.52. The molecule has 1 aliphatic carbocycles. The molecule has 2 unspecified atom stereocenters. The molecule has 0 aromatic heterocycles. The largest absolute Gasteiger partial charge is 0.493 e. The number of methoxy groups -OCH3 is 3. The van der Waals surface area contributed by atoms with Crippen LogP contribution in [0.25, 0.3) is 0 Å². The number of hydrogen-bond acceptors (Lipinski definition) is 6. The number of rotatable bonds is 10. The number of benzene rings is 1. The summed E-state index contributed by atoms with van der Waals surface area (Å²) in [6.45, 7) is 4.55. The minimum Gasteiger partial charge on any atom is -0.493 e. The van der Waals surface area contributed by atoms with E-state index in [1.807, 2.05) is 6.92 Å². The highest BCUT2D eigenvalue weighted by molar-refractivity contribution is 6.07. The van der Waals surface area contributed by atoms with Gasteiger partial charge in [-0.05, 0) is 37.5 Å². The molecular weight excluding hydrogens is 350 g/mol. The summed E-state index contributed by atoms with van der Waals surface area (Å²) < 4.78 is 21.3. The van der Waals surface area contributed by atoms with Crippen LogP contribution in [0.5, 0.6) is 17.2 Å². The Morgan fingerprint density at radius 2 is 1.74 bits per heavy atom. The van der Waals surface area contributed by atoms with Gasteiger partial charge in [-0.2, -0.15) is 0 Å². The first-order valence-electron chi connectivity index (χ1n) is 9.25. The van der Waals surface area contributed by atoms with Crippen molar-refractivity contribution in [2.75, 3.05) is 34.5 Å². The fourth-order valence-corrected chi connectivity index (χ4v) is 3.33. The molecule has 0 spiro atoms. The van der Waals surface area contributed by atoms with E-state index in [1.165, 1.54) is 21.3 Å². The lowest BCUT2D eigenvalue weighted by atomic mass is 9.97. The van der Waals surface area contributed by atoms with Crippen molar-refractivity contribution in [2.24, 2.45) is 5.41 Å². The Labute approximate surface area is 160 Å². The van der Waals surface area contributed by atoms with Crippen molar-refractivity contribution in [3.05, 3.63) is 17.7 Å². The summed E-state index contributed by atoms with van der Waals surface area (Å²) in [6, 6.07) is 3.57. The average molecular weight is 379 g/mol. The third kappa shape index (κ3) is 3.96. The maximum absolute atomic E-state index is 12.8. The van der Waals surface area contributed by atoms with Crippen molar-refractivity contribution in [3.8, 4) is 17.2 Å². The zero-order valence-electron chi connectivity index (χ0n) is 16.7. The number of amides is 1. The Balaban J connectivity index is 2.37. The van der Waals surface area contributed by atoms with Crippen molar-refractivity contribution < 1.29 is 28.5 Å². The molecule has 1 saturated carbocycles. The molecule has 7 heteroatoms. The van der Waals surface area contributed by atoms with Crippen LogP contribution in [0.4, 0.5) is 0 Å². The molecule has 0 bridgehead atoms. The van der Waals surface area contributed by atoms with E-state index in [0.29, 0.717) is 30.2 Å². The third-order valence-electron chi connectivity index (χ3n) is 4.91. The molecular formula is C20H29NO6. The summed E-state index contributed by atoms with van der Waals surface area (Å²) in [5.74, 6) is 0.377. The molecule has 1 aromatic carbocycles. The SMILES string of the molecule is CCCCNC(=O)C1(C(=O)OCC)CC1c1cc(OC)c(OC)c(OC)c1. The van der Waals surface area contributed by atoms with Crippen LogP contribution in [0.3, 0.4) is 0 Å². The summed E-state index contributed by atoms with van der Waals surface area (Å²) in [4.78, 5) is 25.5. The highest BCUT2D eigenvalue weighted by Crippen LogP contribution is 2.61. The fourth-order valence-electron chi connectivity index (χ4n) is 3.33. The molecule has 1 amide bonds. The minimum atomic E-state index is -1.20. The Morgan fingerprint density at radius 3 is 2.22 bits per heavy atom. The van der Waals surface area contributed by atoms with Crippen molar-refractivity contribution in [1.82, 2.24) is 5.32 Å². The van der Waals surface area contributed by atoms with Crippen LogP contribution in [0, 0.1) is 5.41 Å². The van der Waals surface area contributed by atoms with E-state index in [2.05, 4.69) is 5.32 Å². The molecule has 1 fully saturated rings. The molecule has 1 aromatic rings. The first-order chi connectivity index (χ1) is 13.0. The average Bonchev–Trinajstić information content (AvgIpc) is 3.44. The van der Waals surface area contributed by atoms with Crippen LogP contribution in [0.15, 0.2) is 12.1 Å². The molecule has 27 heavy (non-hydrogen) atoms. The third-order valence-corrected chi connectivity index (χ3v) is 4.91. The normalized spacial score (nSPS) is 20.6. The lowest BCUT2D eigenvalue weighted by Crippen LogP contribution is -2.39. The van der Waals surface area contributed by atoms with E-state index in [4.69, 9.17) is 18.9 Å². The van der Waals surface area contributed by atoms with Crippen LogP contribution in [0.2, 0.25) is 0 Å². The van der Waals surface area contributed by atoms with Crippen LogP contribution >= 0.6 is 0 Å². The van der Waals surface area contributed by atoms with Crippen molar-refractivity contribution in [3.63, 3.8) is 0 Å². The molecule has 0 radical (unpaired) electrons. The van der Waals surface area contributed by atoms with E-state index in [9.17, 15) is 9.59 Å². The van der Waals surface area contributed by atoms with Crippen LogP contribution < -0.4 is 19.5 Å². The summed E-state index contributed by atoms with van der Waals surface area (Å²) >= 11 is 0. The number of unbranched alkanes of at least 4 members (excludes halogenated alkanes) is 1. The van der Waals surface area contributed by atoms with Crippen LogP contribution in [-0.4, -0.2) is 46.4 Å². The van der Waals surface area contributed by atoms with Gasteiger partial charge in [0, 0.05) is 12.5 Å². The molecule has 7 nitrogen and oxygen atoms in total. The Kier molecular flexibility index (Phi) is 6.93. The summed E-state index contributed by atoms with van der Waals surface area (Å²) in [5.41, 5.74) is -0.419. The van der Waals surface area contributed by atoms with Crippen molar-refractivity contribution in [2.45, 2.75) is 39.0 Å². The highest BCUT2D eigenvalue weighted by atomic mass is 16.5. The number of hydrogen-bond donors (Lipinski definition) is 1. The van der Waals surface area contributed by atoms with Gasteiger partial charge in [0.1, 0.15) is 0 Å². The quantitative estimate of drug-likeness (QED) is 0.382. The Hall–Kier alpha value is -2.44. The number of nitrogens with one attached hydrogen (secondary N) is 1. The number of carbonyl (C=O) groups is 2. The smallest absolute Gasteiger partial charge is 0.322 e. The number of esters is 1. The molecule has 150 valence electrons. The summed E-state index contributed by atoms with van der Waals surface area (Å²) in [6.07, 6.45) is 2.21. The van der Waals surface area contributed by atoms with Gasteiger partial charge in [0.25, 0.3) is 0 Å². The van der Waals surface area contributed by atoms with Crippen LogP contribution in [0.1, 0.15) is 44.6 Å². The summed E-state index contributed by atoms with van der Waals surface area (Å²) in [7, 11) is 4.59. The lowest BCUT2D eigenvalue weighted by Gasteiger charge is -2.18. The van der Waals surface area contributed by atoms with Gasteiger partial charge in [-0.15, -0.1) is 0 Å². The van der Waals surface area contributed by atoms with Gasteiger partial charge >= 0.3 is 5.97 Å². The standard InChI is InChI=1S/C20H29NO6/c1-6-8-9-21-18(22)20(19(23)27-7-2)12-14(20)13-10-15(24-3)17(26-5)16(11-13)25-4/h10-11,14H,6-9,12H2,1-5H3,(H,21,22). The van der Waals surface area contributed by atoms with Crippen LogP contribution in [-0.2, 0) is 14.3 Å². The molecule has 2 atom stereocenters. The van der Waals surface area contributed by atoms with Crippen molar-refractivity contribution in [1.29, 1.82) is 0 Å². The highest BCUT2D eigenvalue weighted by Gasteiger charge is 2.67. The number of carbonyl (C=O) groups excluding carboxylic acids is 2. The fraction of sp³-hybridized carbons (Fsp3) is 0.600. The zero-order valence-corrected chi connectivity index (χ0v) is 16.7. The monoisotopic (exact) mass is 379 g/mol. The van der Waals surface area contributed by atoms with Gasteiger partial charge in [-0.3, -0.25) is 9.59 Å². The first kappa shape index (κ1) is 20.9. The second kappa shape index (κ2) is 8.97. The first-order valence-corrected chi connectivity index (χ1v) is 9.25. The van der Waals surface area contributed by atoms with E-state index in [-0.39, 0.29) is 18.4 Å².